The van der Waals surface area contributed by atoms with Crippen LogP contribution in [0.4, 0.5) is 0 Å². The van der Waals surface area contributed by atoms with Gasteiger partial charge in [-0.3, -0.25) is 9.69 Å². The number of rotatable bonds is 9. The first-order valence-electron chi connectivity index (χ1n) is 6.57. The summed E-state index contributed by atoms with van der Waals surface area (Å²) in [6.07, 6.45) is 6.94. The van der Waals surface area contributed by atoms with Crippen LogP contribution in [0.5, 0.6) is 0 Å². The molecule has 1 rings (SSSR count). The molecule has 1 fully saturated rings. The lowest BCUT2D eigenvalue weighted by Crippen LogP contribution is -2.48. The number of nitrogens with zero attached hydrogens (tertiary/aromatic N) is 2. The molecule has 1 aliphatic rings. The Morgan fingerprint density at radius 1 is 1.28 bits per heavy atom. The molecule has 0 aromatic heterocycles. The second-order valence-corrected chi connectivity index (χ2v) is 4.65. The first-order chi connectivity index (χ1) is 8.72. The molecule has 0 saturated heterocycles. The molecule has 0 bridgehead atoms. The number of hydrogen-bond acceptors (Lipinski definition) is 3. The van der Waals surface area contributed by atoms with Gasteiger partial charge < -0.3 is 10.0 Å². The topological polar surface area (TPSA) is 43.8 Å². The standard InChI is InChI=1S/C14H24N2O2/c1-3-8-15(9-4-2)14(18)12-16(10-11-17)13-6-5-7-13/h3-4,13,17H,1-2,5-12H2. The van der Waals surface area contributed by atoms with Crippen LogP contribution in [0.3, 0.4) is 0 Å². The average Bonchev–Trinajstić information content (AvgIpc) is 2.26. The number of hydrogen-bond donors (Lipinski definition) is 1. The van der Waals surface area contributed by atoms with Crippen molar-refractivity contribution in [2.24, 2.45) is 0 Å². The second-order valence-electron chi connectivity index (χ2n) is 4.65. The Balaban J connectivity index is 2.51. The van der Waals surface area contributed by atoms with E-state index in [9.17, 15) is 4.79 Å². The molecule has 18 heavy (non-hydrogen) atoms. The zero-order valence-electron chi connectivity index (χ0n) is 11.1. The van der Waals surface area contributed by atoms with E-state index in [1.165, 1.54) is 6.42 Å². The highest BCUT2D eigenvalue weighted by Gasteiger charge is 2.27. The number of aliphatic hydroxyl groups is 1. The van der Waals surface area contributed by atoms with Gasteiger partial charge in [0.15, 0.2) is 0 Å². The minimum atomic E-state index is 0.0788. The number of amides is 1. The van der Waals surface area contributed by atoms with Crippen LogP contribution < -0.4 is 0 Å². The summed E-state index contributed by atoms with van der Waals surface area (Å²) in [7, 11) is 0. The average molecular weight is 252 g/mol. The third-order valence-corrected chi connectivity index (χ3v) is 3.37. The summed E-state index contributed by atoms with van der Waals surface area (Å²) in [5, 5.41) is 9.06. The van der Waals surface area contributed by atoms with Crippen LogP contribution in [0.2, 0.25) is 0 Å². The first-order valence-corrected chi connectivity index (χ1v) is 6.57. The van der Waals surface area contributed by atoms with Gasteiger partial charge in [-0.15, -0.1) is 13.2 Å². The predicted octanol–water partition coefficient (Wildman–Crippen LogP) is 1.03. The molecule has 102 valence electrons. The van der Waals surface area contributed by atoms with Crippen molar-refractivity contribution >= 4 is 5.91 Å². The van der Waals surface area contributed by atoms with E-state index in [1.54, 1.807) is 17.1 Å². The molecule has 1 saturated carbocycles. The third-order valence-electron chi connectivity index (χ3n) is 3.37. The highest BCUT2D eigenvalue weighted by molar-refractivity contribution is 5.78. The van der Waals surface area contributed by atoms with Gasteiger partial charge in [0, 0.05) is 25.7 Å². The highest BCUT2D eigenvalue weighted by Crippen LogP contribution is 2.24. The molecular formula is C14H24N2O2. The van der Waals surface area contributed by atoms with Crippen molar-refractivity contribution in [1.29, 1.82) is 0 Å². The van der Waals surface area contributed by atoms with Gasteiger partial charge in [0.05, 0.1) is 13.2 Å². The smallest absolute Gasteiger partial charge is 0.237 e. The summed E-state index contributed by atoms with van der Waals surface area (Å²) in [5.41, 5.74) is 0. The summed E-state index contributed by atoms with van der Waals surface area (Å²) in [6, 6.07) is 0.468. The molecule has 1 amide bonds. The second kappa shape index (κ2) is 8.06. The Morgan fingerprint density at radius 3 is 2.28 bits per heavy atom. The monoisotopic (exact) mass is 252 g/mol. The predicted molar refractivity (Wildman–Crippen MR) is 73.3 cm³/mol. The molecule has 4 heteroatoms. The maximum absolute atomic E-state index is 12.2. The maximum atomic E-state index is 12.2. The lowest BCUT2D eigenvalue weighted by atomic mass is 9.91. The molecule has 0 aromatic carbocycles. The molecule has 0 unspecified atom stereocenters. The Labute approximate surface area is 110 Å². The lowest BCUT2D eigenvalue weighted by molar-refractivity contribution is -0.132. The minimum absolute atomic E-state index is 0.0788. The van der Waals surface area contributed by atoms with Crippen LogP contribution in [-0.4, -0.2) is 59.6 Å². The summed E-state index contributed by atoms with van der Waals surface area (Å²) in [5.74, 6) is 0.0788. The van der Waals surface area contributed by atoms with Crippen LogP contribution in [0.1, 0.15) is 19.3 Å². The van der Waals surface area contributed by atoms with Gasteiger partial charge >= 0.3 is 0 Å². The van der Waals surface area contributed by atoms with E-state index in [4.69, 9.17) is 5.11 Å². The van der Waals surface area contributed by atoms with Crippen molar-refractivity contribution in [3.8, 4) is 0 Å². The number of carbonyl (C=O) groups excluding carboxylic acids is 1. The Hall–Kier alpha value is -1.13. The zero-order chi connectivity index (χ0) is 13.4. The molecule has 4 nitrogen and oxygen atoms in total. The number of carbonyl (C=O) groups is 1. The molecular weight excluding hydrogens is 228 g/mol. The largest absolute Gasteiger partial charge is 0.395 e. The summed E-state index contributed by atoms with van der Waals surface area (Å²) >= 11 is 0. The minimum Gasteiger partial charge on any atom is -0.395 e. The highest BCUT2D eigenvalue weighted by atomic mass is 16.3. The van der Waals surface area contributed by atoms with Gasteiger partial charge in [-0.1, -0.05) is 18.6 Å². The fraction of sp³-hybridized carbons (Fsp3) is 0.643. The maximum Gasteiger partial charge on any atom is 0.237 e. The van der Waals surface area contributed by atoms with E-state index in [0.717, 1.165) is 12.8 Å². The van der Waals surface area contributed by atoms with Crippen LogP contribution in [0.25, 0.3) is 0 Å². The summed E-state index contributed by atoms with van der Waals surface area (Å²) in [4.78, 5) is 16.0. The fourth-order valence-corrected chi connectivity index (χ4v) is 2.13. The molecule has 0 heterocycles. The zero-order valence-corrected chi connectivity index (χ0v) is 11.1. The van der Waals surface area contributed by atoms with Crippen molar-refractivity contribution in [2.75, 3.05) is 32.8 Å². The third kappa shape index (κ3) is 4.27. The van der Waals surface area contributed by atoms with Crippen LogP contribution in [-0.2, 0) is 4.79 Å². The van der Waals surface area contributed by atoms with Gasteiger partial charge in [0.1, 0.15) is 0 Å². The van der Waals surface area contributed by atoms with E-state index in [2.05, 4.69) is 18.1 Å². The molecule has 0 radical (unpaired) electrons. The fourth-order valence-electron chi connectivity index (χ4n) is 2.13. The van der Waals surface area contributed by atoms with Gasteiger partial charge in [-0.25, -0.2) is 0 Å². The quantitative estimate of drug-likeness (QED) is 0.623. The molecule has 0 atom stereocenters. The van der Waals surface area contributed by atoms with Crippen LogP contribution in [0, 0.1) is 0 Å². The van der Waals surface area contributed by atoms with E-state index in [1.807, 2.05) is 0 Å². The lowest BCUT2D eigenvalue weighted by Gasteiger charge is -2.37. The van der Waals surface area contributed by atoms with Crippen LogP contribution in [0.15, 0.2) is 25.3 Å². The Morgan fingerprint density at radius 2 is 1.89 bits per heavy atom. The molecule has 1 N–H and O–H groups in total. The van der Waals surface area contributed by atoms with E-state index in [0.29, 0.717) is 32.2 Å². The molecule has 0 spiro atoms. The van der Waals surface area contributed by atoms with Crippen molar-refractivity contribution < 1.29 is 9.90 Å². The van der Waals surface area contributed by atoms with Crippen molar-refractivity contribution in [3.63, 3.8) is 0 Å². The van der Waals surface area contributed by atoms with Crippen LogP contribution >= 0.6 is 0 Å². The van der Waals surface area contributed by atoms with Crippen molar-refractivity contribution in [2.45, 2.75) is 25.3 Å². The van der Waals surface area contributed by atoms with Gasteiger partial charge in [-0.2, -0.15) is 0 Å². The molecule has 0 aromatic rings. The van der Waals surface area contributed by atoms with Crippen molar-refractivity contribution in [1.82, 2.24) is 9.80 Å². The Kier molecular flexibility index (Phi) is 6.68. The van der Waals surface area contributed by atoms with E-state index >= 15 is 0 Å². The van der Waals surface area contributed by atoms with E-state index in [-0.39, 0.29) is 12.5 Å². The molecule has 0 aliphatic heterocycles. The molecule has 1 aliphatic carbocycles. The van der Waals surface area contributed by atoms with E-state index < -0.39 is 0 Å². The Bertz CT molecular complexity index is 278. The van der Waals surface area contributed by atoms with Gasteiger partial charge in [-0.05, 0) is 12.8 Å². The first kappa shape index (κ1) is 14.9. The van der Waals surface area contributed by atoms with Gasteiger partial charge in [0.2, 0.25) is 5.91 Å². The summed E-state index contributed by atoms with van der Waals surface area (Å²) < 4.78 is 0. The SMILES string of the molecule is C=CCN(CC=C)C(=O)CN(CCO)C1CCC1. The number of aliphatic hydroxyl groups excluding tert-OH is 1. The normalized spacial score (nSPS) is 15.2. The van der Waals surface area contributed by atoms with Gasteiger partial charge in [0.25, 0.3) is 0 Å². The summed E-state index contributed by atoms with van der Waals surface area (Å²) in [6.45, 7) is 9.47. The van der Waals surface area contributed by atoms with Crippen molar-refractivity contribution in [3.05, 3.63) is 25.3 Å².